The Morgan fingerprint density at radius 1 is 1.26 bits per heavy atom. The minimum absolute atomic E-state index is 0.0540. The van der Waals surface area contributed by atoms with Gasteiger partial charge in [-0.3, -0.25) is 4.79 Å². The van der Waals surface area contributed by atoms with Crippen molar-refractivity contribution in [2.24, 2.45) is 0 Å². The molecule has 168 valence electrons. The molecule has 1 aromatic carbocycles. The van der Waals surface area contributed by atoms with Gasteiger partial charge in [-0.15, -0.1) is 0 Å². The summed E-state index contributed by atoms with van der Waals surface area (Å²) in [6.07, 6.45) is 0. The van der Waals surface area contributed by atoms with Crippen LogP contribution in [0.1, 0.15) is 21.6 Å². The van der Waals surface area contributed by atoms with Gasteiger partial charge in [-0.2, -0.15) is 0 Å². The molecule has 0 saturated carbocycles. The highest BCUT2D eigenvalue weighted by Gasteiger charge is 2.15. The number of carbonyl (C=O) groups excluding carboxylic acids is 1. The number of ether oxygens (including phenoxy) is 2. The highest BCUT2D eigenvalue weighted by atomic mass is 32.2. The number of rotatable bonds is 10. The third-order valence-corrected chi connectivity index (χ3v) is 5.69. The molecule has 0 spiro atoms. The van der Waals surface area contributed by atoms with E-state index in [2.05, 4.69) is 15.2 Å². The van der Waals surface area contributed by atoms with Gasteiger partial charge in [0, 0.05) is 50.7 Å². The van der Waals surface area contributed by atoms with Crippen LogP contribution in [-0.4, -0.2) is 81.4 Å². The molecule has 2 aromatic rings. The Morgan fingerprint density at radius 2 is 2.06 bits per heavy atom. The zero-order valence-electron chi connectivity index (χ0n) is 18.5. The van der Waals surface area contributed by atoms with Gasteiger partial charge >= 0.3 is 0 Å². The van der Waals surface area contributed by atoms with Crippen LogP contribution in [0.2, 0.25) is 0 Å². The molecular weight excluding hydrogens is 414 g/mol. The average Bonchev–Trinajstić information content (AvgIpc) is 2.78. The first-order chi connectivity index (χ1) is 15.0. The Balaban J connectivity index is 1.66. The molecule has 0 radical (unpaired) electrons. The van der Waals surface area contributed by atoms with E-state index in [4.69, 9.17) is 14.5 Å². The minimum atomic E-state index is -0.0540. The molecule has 9 heteroatoms. The molecule has 2 heterocycles. The monoisotopic (exact) mass is 445 g/mol. The maximum Gasteiger partial charge on any atom is 0.251 e. The van der Waals surface area contributed by atoms with Crippen molar-refractivity contribution in [1.82, 2.24) is 20.2 Å². The Hall–Kier alpha value is -2.20. The maximum atomic E-state index is 12.4. The minimum Gasteiger partial charge on any atom is -0.378 e. The number of amides is 1. The lowest BCUT2D eigenvalue weighted by Gasteiger charge is -2.28. The van der Waals surface area contributed by atoms with Gasteiger partial charge in [0.1, 0.15) is 5.82 Å². The first kappa shape index (κ1) is 23.5. The predicted molar refractivity (Wildman–Crippen MR) is 123 cm³/mol. The lowest BCUT2D eigenvalue weighted by atomic mass is 10.1. The maximum absolute atomic E-state index is 12.4. The van der Waals surface area contributed by atoms with E-state index in [1.54, 1.807) is 18.9 Å². The van der Waals surface area contributed by atoms with Crippen LogP contribution in [0, 0.1) is 0 Å². The summed E-state index contributed by atoms with van der Waals surface area (Å²) in [5.74, 6) is 1.53. The molecule has 1 fully saturated rings. The second-order valence-corrected chi connectivity index (χ2v) is 8.52. The van der Waals surface area contributed by atoms with E-state index in [0.717, 1.165) is 36.7 Å². The first-order valence-electron chi connectivity index (χ1n) is 10.4. The van der Waals surface area contributed by atoms with Gasteiger partial charge in [-0.1, -0.05) is 23.9 Å². The molecule has 0 bridgehead atoms. The molecule has 1 aliphatic heterocycles. The van der Waals surface area contributed by atoms with Crippen LogP contribution in [0.4, 0.5) is 5.82 Å². The zero-order chi connectivity index (χ0) is 22.1. The van der Waals surface area contributed by atoms with Crippen LogP contribution >= 0.6 is 11.8 Å². The molecule has 1 saturated heterocycles. The predicted octanol–water partition coefficient (Wildman–Crippen LogP) is 2.04. The van der Waals surface area contributed by atoms with Crippen LogP contribution < -0.4 is 10.2 Å². The summed E-state index contributed by atoms with van der Waals surface area (Å²) in [4.78, 5) is 26.0. The number of likely N-dealkylation sites (N-methyl/N-ethyl adjacent to an activating group) is 1. The topological polar surface area (TPSA) is 79.8 Å². The lowest BCUT2D eigenvalue weighted by molar-refractivity contribution is 0.0951. The SMILES string of the molecule is COCc1cc(N2CCOCC2)nc(SCc2cccc(C(=O)NCCN(C)C)c2)n1. The molecule has 1 N–H and O–H groups in total. The summed E-state index contributed by atoms with van der Waals surface area (Å²) in [5, 5.41) is 3.66. The number of thioether (sulfide) groups is 1. The van der Waals surface area contributed by atoms with Gasteiger partial charge in [0.25, 0.3) is 5.91 Å². The number of morpholine rings is 1. The fourth-order valence-electron chi connectivity index (χ4n) is 3.15. The van der Waals surface area contributed by atoms with Crippen LogP contribution in [0.5, 0.6) is 0 Å². The van der Waals surface area contributed by atoms with E-state index in [1.807, 2.05) is 49.3 Å². The van der Waals surface area contributed by atoms with E-state index >= 15 is 0 Å². The van der Waals surface area contributed by atoms with Gasteiger partial charge < -0.3 is 24.6 Å². The Kier molecular flexibility index (Phi) is 9.08. The Labute approximate surface area is 188 Å². The highest BCUT2D eigenvalue weighted by molar-refractivity contribution is 7.98. The summed E-state index contributed by atoms with van der Waals surface area (Å²) in [6, 6.07) is 9.69. The van der Waals surface area contributed by atoms with E-state index < -0.39 is 0 Å². The Bertz CT molecular complexity index is 859. The Morgan fingerprint density at radius 3 is 2.81 bits per heavy atom. The van der Waals surface area contributed by atoms with Gasteiger partial charge in [0.2, 0.25) is 0 Å². The molecule has 1 amide bonds. The molecule has 0 atom stereocenters. The second kappa shape index (κ2) is 12.0. The number of nitrogens with one attached hydrogen (secondary N) is 1. The van der Waals surface area contributed by atoms with Crippen molar-refractivity contribution in [2.45, 2.75) is 17.5 Å². The first-order valence-corrected chi connectivity index (χ1v) is 11.4. The van der Waals surface area contributed by atoms with Crippen molar-refractivity contribution in [3.05, 3.63) is 47.2 Å². The summed E-state index contributed by atoms with van der Waals surface area (Å²) >= 11 is 1.56. The molecule has 3 rings (SSSR count). The summed E-state index contributed by atoms with van der Waals surface area (Å²) < 4.78 is 10.7. The van der Waals surface area contributed by atoms with Gasteiger partial charge in [-0.25, -0.2) is 9.97 Å². The highest BCUT2D eigenvalue weighted by Crippen LogP contribution is 2.24. The van der Waals surface area contributed by atoms with Crippen LogP contribution in [-0.2, 0) is 21.8 Å². The third-order valence-electron chi connectivity index (χ3n) is 4.77. The number of carbonyl (C=O) groups is 1. The van der Waals surface area contributed by atoms with Crippen molar-refractivity contribution in [2.75, 3.05) is 65.5 Å². The molecule has 31 heavy (non-hydrogen) atoms. The fourth-order valence-corrected chi connectivity index (χ4v) is 3.96. The van der Waals surface area contributed by atoms with Gasteiger partial charge in [0.15, 0.2) is 5.16 Å². The number of nitrogens with zero attached hydrogens (tertiary/aromatic N) is 4. The summed E-state index contributed by atoms with van der Waals surface area (Å²) in [7, 11) is 5.63. The van der Waals surface area contributed by atoms with E-state index in [1.165, 1.54) is 0 Å². The number of hydrogen-bond donors (Lipinski definition) is 1. The van der Waals surface area contributed by atoms with E-state index in [-0.39, 0.29) is 5.91 Å². The van der Waals surface area contributed by atoms with Crippen molar-refractivity contribution in [3.8, 4) is 0 Å². The molecule has 1 aliphatic rings. The molecule has 8 nitrogen and oxygen atoms in total. The number of benzene rings is 1. The van der Waals surface area contributed by atoms with Crippen molar-refractivity contribution >= 4 is 23.5 Å². The standard InChI is InChI=1S/C22H31N5O3S/c1-26(2)8-7-23-21(28)18-6-4-5-17(13-18)16-31-22-24-19(15-29-3)14-20(25-22)27-9-11-30-12-10-27/h4-6,13-14H,7-12,15-16H2,1-3H3,(H,23,28). The van der Waals surface area contributed by atoms with Crippen LogP contribution in [0.3, 0.4) is 0 Å². The lowest BCUT2D eigenvalue weighted by Crippen LogP contribution is -2.37. The van der Waals surface area contributed by atoms with E-state index in [9.17, 15) is 4.79 Å². The second-order valence-electron chi connectivity index (χ2n) is 7.58. The smallest absolute Gasteiger partial charge is 0.251 e. The molecule has 0 aliphatic carbocycles. The van der Waals surface area contributed by atoms with Crippen LogP contribution in [0.15, 0.2) is 35.5 Å². The average molecular weight is 446 g/mol. The largest absolute Gasteiger partial charge is 0.378 e. The fraction of sp³-hybridized carbons (Fsp3) is 0.500. The van der Waals surface area contributed by atoms with Crippen molar-refractivity contribution in [3.63, 3.8) is 0 Å². The number of aromatic nitrogens is 2. The number of methoxy groups -OCH3 is 1. The van der Waals surface area contributed by atoms with Gasteiger partial charge in [-0.05, 0) is 31.8 Å². The number of hydrogen-bond acceptors (Lipinski definition) is 8. The van der Waals surface area contributed by atoms with Crippen molar-refractivity contribution < 1.29 is 14.3 Å². The zero-order valence-corrected chi connectivity index (χ0v) is 19.3. The van der Waals surface area contributed by atoms with E-state index in [0.29, 0.717) is 42.8 Å². The number of anilines is 1. The molecular formula is C22H31N5O3S. The van der Waals surface area contributed by atoms with Crippen molar-refractivity contribution in [1.29, 1.82) is 0 Å². The van der Waals surface area contributed by atoms with Crippen LogP contribution in [0.25, 0.3) is 0 Å². The normalized spacial score (nSPS) is 14.1. The quantitative estimate of drug-likeness (QED) is 0.440. The summed E-state index contributed by atoms with van der Waals surface area (Å²) in [6.45, 7) is 4.91. The molecule has 0 unspecified atom stereocenters. The third kappa shape index (κ3) is 7.46. The van der Waals surface area contributed by atoms with Gasteiger partial charge in [0.05, 0.1) is 25.5 Å². The summed E-state index contributed by atoms with van der Waals surface area (Å²) in [5.41, 5.74) is 2.58. The molecule has 1 aromatic heterocycles.